The van der Waals surface area contributed by atoms with Crippen molar-refractivity contribution < 1.29 is 14.8 Å². The second-order valence-electron chi connectivity index (χ2n) is 3.98. The summed E-state index contributed by atoms with van der Waals surface area (Å²) in [6.45, 7) is 0.299. The van der Waals surface area contributed by atoms with E-state index in [4.69, 9.17) is 5.11 Å². The maximum Gasteiger partial charge on any atom is 0.320 e. The van der Waals surface area contributed by atoms with Crippen LogP contribution in [0.15, 0.2) is 24.3 Å². The Labute approximate surface area is 115 Å². The Balaban J connectivity index is 2.60. The molecule has 0 amide bonds. The summed E-state index contributed by atoms with van der Waals surface area (Å²) in [5.74, 6) is -0.154. The molecule has 0 saturated carbocycles. The highest BCUT2D eigenvalue weighted by atomic mass is 32.2. The summed E-state index contributed by atoms with van der Waals surface area (Å²) in [6.07, 6.45) is 2.44. The lowest BCUT2D eigenvalue weighted by atomic mass is 10.1. The molecule has 2 N–H and O–H groups in total. The Morgan fingerprint density at radius 2 is 2.32 bits per heavy atom. The monoisotopic (exact) mass is 284 g/mol. The van der Waals surface area contributed by atoms with E-state index in [2.05, 4.69) is 5.32 Å². The first-order valence-electron chi connectivity index (χ1n) is 5.73. The van der Waals surface area contributed by atoms with E-state index in [1.54, 1.807) is 23.9 Å². The van der Waals surface area contributed by atoms with Gasteiger partial charge in [0, 0.05) is 18.7 Å². The Morgan fingerprint density at radius 1 is 1.58 bits per heavy atom. The number of nitrogens with one attached hydrogen (secondary N) is 1. The number of nitro benzene ring substituents is 1. The van der Waals surface area contributed by atoms with Crippen LogP contribution in [-0.4, -0.2) is 34.0 Å². The number of thioether (sulfide) groups is 1. The number of non-ortho nitro benzene ring substituents is 1. The molecule has 0 saturated heterocycles. The number of carboxylic acids is 1. The van der Waals surface area contributed by atoms with Crippen molar-refractivity contribution in [2.75, 3.05) is 12.0 Å². The molecule has 104 valence electrons. The van der Waals surface area contributed by atoms with Crippen LogP contribution in [-0.2, 0) is 11.3 Å². The van der Waals surface area contributed by atoms with Gasteiger partial charge >= 0.3 is 5.97 Å². The second-order valence-corrected chi connectivity index (χ2v) is 4.97. The zero-order chi connectivity index (χ0) is 14.3. The van der Waals surface area contributed by atoms with Gasteiger partial charge in [-0.05, 0) is 24.0 Å². The molecule has 0 radical (unpaired) electrons. The van der Waals surface area contributed by atoms with E-state index in [0.717, 1.165) is 5.75 Å². The van der Waals surface area contributed by atoms with Gasteiger partial charge in [-0.25, -0.2) is 0 Å². The highest BCUT2D eigenvalue weighted by Gasteiger charge is 2.16. The number of nitrogens with zero attached hydrogens (tertiary/aromatic N) is 1. The van der Waals surface area contributed by atoms with Crippen LogP contribution in [0.25, 0.3) is 0 Å². The molecule has 1 atom stereocenters. The molecule has 1 aromatic carbocycles. The van der Waals surface area contributed by atoms with E-state index >= 15 is 0 Å². The quantitative estimate of drug-likeness (QED) is 0.559. The third-order valence-electron chi connectivity index (χ3n) is 2.58. The Morgan fingerprint density at radius 3 is 2.89 bits per heavy atom. The summed E-state index contributed by atoms with van der Waals surface area (Å²) in [7, 11) is 0. The zero-order valence-corrected chi connectivity index (χ0v) is 11.4. The molecule has 1 aromatic rings. The Kier molecular flexibility index (Phi) is 6.31. The van der Waals surface area contributed by atoms with Crippen molar-refractivity contribution in [3.63, 3.8) is 0 Å². The Bertz CT molecular complexity index is 453. The first-order valence-corrected chi connectivity index (χ1v) is 7.12. The van der Waals surface area contributed by atoms with Gasteiger partial charge in [0.05, 0.1) is 4.92 Å². The van der Waals surface area contributed by atoms with Crippen molar-refractivity contribution in [2.24, 2.45) is 0 Å². The number of aliphatic carboxylic acids is 1. The van der Waals surface area contributed by atoms with Crippen LogP contribution in [0.4, 0.5) is 5.69 Å². The third-order valence-corrected chi connectivity index (χ3v) is 3.23. The number of nitro groups is 1. The predicted molar refractivity (Wildman–Crippen MR) is 74.4 cm³/mol. The number of carbonyl (C=O) groups is 1. The van der Waals surface area contributed by atoms with Crippen molar-refractivity contribution in [1.29, 1.82) is 0 Å². The van der Waals surface area contributed by atoms with Gasteiger partial charge in [0.1, 0.15) is 6.04 Å². The van der Waals surface area contributed by atoms with E-state index in [0.29, 0.717) is 18.5 Å². The number of benzene rings is 1. The van der Waals surface area contributed by atoms with Crippen LogP contribution in [0.1, 0.15) is 12.0 Å². The molecular weight excluding hydrogens is 268 g/mol. The maximum atomic E-state index is 11.0. The molecule has 6 nitrogen and oxygen atoms in total. The minimum absolute atomic E-state index is 0.00953. The van der Waals surface area contributed by atoms with Gasteiger partial charge in [-0.1, -0.05) is 12.1 Å². The van der Waals surface area contributed by atoms with Gasteiger partial charge < -0.3 is 10.4 Å². The normalized spacial score (nSPS) is 12.1. The number of hydrogen-bond donors (Lipinski definition) is 2. The number of carboxylic acid groups (broad SMARTS) is 1. The first kappa shape index (κ1) is 15.5. The van der Waals surface area contributed by atoms with E-state index < -0.39 is 16.9 Å². The topological polar surface area (TPSA) is 92.5 Å². The minimum Gasteiger partial charge on any atom is -0.480 e. The van der Waals surface area contributed by atoms with Crippen LogP contribution >= 0.6 is 11.8 Å². The molecule has 0 fully saturated rings. The van der Waals surface area contributed by atoms with Crippen molar-refractivity contribution in [2.45, 2.75) is 19.0 Å². The zero-order valence-electron chi connectivity index (χ0n) is 10.5. The average Bonchev–Trinajstić information content (AvgIpc) is 2.38. The van der Waals surface area contributed by atoms with Crippen LogP contribution in [0.5, 0.6) is 0 Å². The van der Waals surface area contributed by atoms with E-state index in [-0.39, 0.29) is 5.69 Å². The molecule has 1 rings (SSSR count). The molecular formula is C12H16N2O4S. The fraction of sp³-hybridized carbons (Fsp3) is 0.417. The lowest BCUT2D eigenvalue weighted by molar-refractivity contribution is -0.384. The molecule has 0 heterocycles. The standard InChI is InChI=1S/C12H16N2O4S/c1-19-6-5-11(12(15)16)13-8-9-3-2-4-10(7-9)14(17)18/h2-4,7,11,13H,5-6,8H2,1H3,(H,15,16)/t11-/m1/s1. The molecule has 0 aliphatic heterocycles. The summed E-state index contributed by atoms with van der Waals surface area (Å²) >= 11 is 1.58. The van der Waals surface area contributed by atoms with E-state index in [9.17, 15) is 14.9 Å². The molecule has 0 bridgehead atoms. The van der Waals surface area contributed by atoms with Crippen LogP contribution in [0, 0.1) is 10.1 Å². The molecule has 19 heavy (non-hydrogen) atoms. The minimum atomic E-state index is -0.903. The van der Waals surface area contributed by atoms with Gasteiger partial charge in [0.15, 0.2) is 0 Å². The fourth-order valence-corrected chi connectivity index (χ4v) is 2.04. The Hall–Kier alpha value is -1.60. The summed E-state index contributed by atoms with van der Waals surface area (Å²) in [5.41, 5.74) is 0.708. The second kappa shape index (κ2) is 7.75. The third kappa shape index (κ3) is 5.27. The summed E-state index contributed by atoms with van der Waals surface area (Å²) in [5, 5.41) is 22.6. The van der Waals surface area contributed by atoms with Crippen LogP contribution in [0.2, 0.25) is 0 Å². The largest absolute Gasteiger partial charge is 0.480 e. The molecule has 0 aliphatic carbocycles. The van der Waals surface area contributed by atoms with Crippen molar-refractivity contribution in [1.82, 2.24) is 5.32 Å². The lowest BCUT2D eigenvalue weighted by Crippen LogP contribution is -2.36. The number of rotatable bonds is 8. The van der Waals surface area contributed by atoms with Crippen molar-refractivity contribution >= 4 is 23.4 Å². The van der Waals surface area contributed by atoms with E-state index in [1.807, 2.05) is 6.26 Å². The summed E-state index contributed by atoms with van der Waals surface area (Å²) < 4.78 is 0. The summed E-state index contributed by atoms with van der Waals surface area (Å²) in [6, 6.07) is 5.54. The first-order chi connectivity index (χ1) is 9.04. The van der Waals surface area contributed by atoms with Crippen LogP contribution < -0.4 is 5.32 Å². The predicted octanol–water partition coefficient (Wildman–Crippen LogP) is 1.89. The molecule has 0 aliphatic rings. The summed E-state index contributed by atoms with van der Waals surface area (Å²) in [4.78, 5) is 21.2. The molecule has 0 aromatic heterocycles. The SMILES string of the molecule is CSCC[C@@H](NCc1cccc([N+](=O)[O-])c1)C(=O)O. The van der Waals surface area contributed by atoms with Crippen molar-refractivity contribution in [3.05, 3.63) is 39.9 Å². The maximum absolute atomic E-state index is 11.0. The van der Waals surface area contributed by atoms with Gasteiger partial charge in [-0.3, -0.25) is 14.9 Å². The molecule has 0 spiro atoms. The van der Waals surface area contributed by atoms with Gasteiger partial charge in [-0.15, -0.1) is 0 Å². The fourth-order valence-electron chi connectivity index (χ4n) is 1.57. The molecule has 0 unspecified atom stereocenters. The van der Waals surface area contributed by atoms with E-state index in [1.165, 1.54) is 12.1 Å². The number of hydrogen-bond acceptors (Lipinski definition) is 5. The molecule has 7 heteroatoms. The smallest absolute Gasteiger partial charge is 0.320 e. The average molecular weight is 284 g/mol. The van der Waals surface area contributed by atoms with Gasteiger partial charge in [-0.2, -0.15) is 11.8 Å². The lowest BCUT2D eigenvalue weighted by Gasteiger charge is -2.13. The van der Waals surface area contributed by atoms with Gasteiger partial charge in [0.2, 0.25) is 0 Å². The van der Waals surface area contributed by atoms with Crippen LogP contribution in [0.3, 0.4) is 0 Å². The van der Waals surface area contributed by atoms with Gasteiger partial charge in [0.25, 0.3) is 5.69 Å². The van der Waals surface area contributed by atoms with Crippen molar-refractivity contribution in [3.8, 4) is 0 Å². The highest BCUT2D eigenvalue weighted by molar-refractivity contribution is 7.98. The highest BCUT2D eigenvalue weighted by Crippen LogP contribution is 2.13.